The molecule has 1 aliphatic heterocycles. The van der Waals surface area contributed by atoms with Crippen molar-refractivity contribution >= 4 is 42.1 Å². The molecule has 0 amide bonds. The van der Waals surface area contributed by atoms with Crippen molar-refractivity contribution in [1.29, 1.82) is 0 Å². The van der Waals surface area contributed by atoms with Gasteiger partial charge in [-0.25, -0.2) is 4.98 Å². The second kappa shape index (κ2) is 7.98. The van der Waals surface area contributed by atoms with Crippen LogP contribution >= 0.6 is 24.8 Å². The number of piperidine rings is 1. The molecule has 1 aromatic heterocycles. The SMILES string of the molecule is Cl.Cl.Nc1nc(NC2CCCNC2)ccc1[N+](=O)[O-]. The van der Waals surface area contributed by atoms with Gasteiger partial charge in [0.05, 0.1) is 4.92 Å². The number of rotatable bonds is 3. The summed E-state index contributed by atoms with van der Waals surface area (Å²) in [5.74, 6) is 0.533. The molecule has 19 heavy (non-hydrogen) atoms. The molecule has 0 radical (unpaired) electrons. The van der Waals surface area contributed by atoms with Crippen molar-refractivity contribution in [3.05, 3.63) is 22.2 Å². The number of halogens is 2. The van der Waals surface area contributed by atoms with E-state index in [1.165, 1.54) is 6.07 Å². The summed E-state index contributed by atoms with van der Waals surface area (Å²) in [7, 11) is 0. The predicted octanol–water partition coefficient (Wildman–Crippen LogP) is 1.58. The predicted molar refractivity (Wildman–Crippen MR) is 79.3 cm³/mol. The van der Waals surface area contributed by atoms with E-state index in [1.54, 1.807) is 6.07 Å². The van der Waals surface area contributed by atoms with Crippen LogP contribution in [-0.4, -0.2) is 29.0 Å². The molecule has 0 aliphatic carbocycles. The van der Waals surface area contributed by atoms with Crippen LogP contribution in [0.15, 0.2) is 12.1 Å². The minimum atomic E-state index is -0.533. The second-order valence-corrected chi connectivity index (χ2v) is 4.05. The normalized spacial score (nSPS) is 17.8. The van der Waals surface area contributed by atoms with Crippen molar-refractivity contribution in [1.82, 2.24) is 10.3 Å². The van der Waals surface area contributed by atoms with Gasteiger partial charge in [0.15, 0.2) is 0 Å². The molecule has 1 unspecified atom stereocenters. The minimum absolute atomic E-state index is 0. The van der Waals surface area contributed by atoms with Crippen molar-refractivity contribution in [2.24, 2.45) is 0 Å². The fourth-order valence-corrected chi connectivity index (χ4v) is 1.89. The maximum absolute atomic E-state index is 10.6. The molecule has 0 bridgehead atoms. The maximum atomic E-state index is 10.6. The smallest absolute Gasteiger partial charge is 0.311 e. The molecule has 9 heteroatoms. The van der Waals surface area contributed by atoms with Gasteiger partial charge in [-0.1, -0.05) is 0 Å². The van der Waals surface area contributed by atoms with E-state index < -0.39 is 4.92 Å². The number of anilines is 2. The molecule has 2 rings (SSSR count). The number of nitro groups is 1. The molecule has 0 saturated carbocycles. The highest BCUT2D eigenvalue weighted by atomic mass is 35.5. The van der Waals surface area contributed by atoms with Gasteiger partial charge >= 0.3 is 5.69 Å². The average Bonchev–Trinajstić information content (AvgIpc) is 2.30. The Morgan fingerprint density at radius 3 is 2.74 bits per heavy atom. The minimum Gasteiger partial charge on any atom is -0.378 e. The summed E-state index contributed by atoms with van der Waals surface area (Å²) < 4.78 is 0. The number of nitrogen functional groups attached to an aromatic ring is 1. The Kier molecular flexibility index (Phi) is 7.43. The van der Waals surface area contributed by atoms with Crippen molar-refractivity contribution in [2.75, 3.05) is 24.1 Å². The lowest BCUT2D eigenvalue weighted by molar-refractivity contribution is -0.384. The number of nitrogens with two attached hydrogens (primary N) is 1. The number of pyridine rings is 1. The lowest BCUT2D eigenvalue weighted by Crippen LogP contribution is -2.38. The average molecular weight is 310 g/mol. The Morgan fingerprint density at radius 2 is 2.21 bits per heavy atom. The summed E-state index contributed by atoms with van der Waals surface area (Å²) in [6.07, 6.45) is 2.17. The Hall–Kier alpha value is -1.31. The fraction of sp³-hybridized carbons (Fsp3) is 0.500. The van der Waals surface area contributed by atoms with Crippen LogP contribution in [0.25, 0.3) is 0 Å². The summed E-state index contributed by atoms with van der Waals surface area (Å²) in [4.78, 5) is 14.0. The molecule has 0 aromatic carbocycles. The molecular weight excluding hydrogens is 293 g/mol. The van der Waals surface area contributed by atoms with Gasteiger partial charge in [-0.15, -0.1) is 24.8 Å². The third-order valence-corrected chi connectivity index (χ3v) is 2.75. The van der Waals surface area contributed by atoms with Crippen LogP contribution in [-0.2, 0) is 0 Å². The first kappa shape index (κ1) is 17.7. The van der Waals surface area contributed by atoms with E-state index in [4.69, 9.17) is 5.73 Å². The molecule has 108 valence electrons. The molecule has 0 spiro atoms. The zero-order valence-electron chi connectivity index (χ0n) is 10.2. The molecule has 4 N–H and O–H groups in total. The van der Waals surface area contributed by atoms with Crippen molar-refractivity contribution in [3.8, 4) is 0 Å². The molecule has 7 nitrogen and oxygen atoms in total. The van der Waals surface area contributed by atoms with Crippen LogP contribution in [0.4, 0.5) is 17.3 Å². The summed E-state index contributed by atoms with van der Waals surface area (Å²) >= 11 is 0. The van der Waals surface area contributed by atoms with E-state index in [1.807, 2.05) is 0 Å². The van der Waals surface area contributed by atoms with E-state index in [-0.39, 0.29) is 36.3 Å². The lowest BCUT2D eigenvalue weighted by atomic mass is 10.1. The van der Waals surface area contributed by atoms with Crippen molar-refractivity contribution in [2.45, 2.75) is 18.9 Å². The first-order chi connectivity index (χ1) is 8.16. The van der Waals surface area contributed by atoms with Gasteiger partial charge in [-0.3, -0.25) is 10.1 Å². The number of nitrogens with zero attached hydrogens (tertiary/aromatic N) is 2. The van der Waals surface area contributed by atoms with Crippen LogP contribution in [0.2, 0.25) is 0 Å². The quantitative estimate of drug-likeness (QED) is 0.578. The van der Waals surface area contributed by atoms with Gasteiger partial charge in [0.1, 0.15) is 5.82 Å². The Labute approximate surface area is 123 Å². The van der Waals surface area contributed by atoms with Crippen LogP contribution in [0.3, 0.4) is 0 Å². The van der Waals surface area contributed by atoms with Crippen LogP contribution in [0, 0.1) is 10.1 Å². The molecule has 1 saturated heterocycles. The molecule has 1 atom stereocenters. The van der Waals surface area contributed by atoms with Crippen LogP contribution < -0.4 is 16.4 Å². The van der Waals surface area contributed by atoms with E-state index in [0.717, 1.165) is 25.9 Å². The zero-order chi connectivity index (χ0) is 12.3. The number of aromatic nitrogens is 1. The van der Waals surface area contributed by atoms with Crippen LogP contribution in [0.1, 0.15) is 12.8 Å². The molecule has 1 fully saturated rings. The number of hydrogen-bond donors (Lipinski definition) is 3. The standard InChI is InChI=1S/C10H15N5O2.2ClH/c11-10-8(15(16)17)3-4-9(14-10)13-7-2-1-5-12-6-7;;/h3-4,7,12H,1-2,5-6H2,(H3,11,13,14);2*1H. The summed E-state index contributed by atoms with van der Waals surface area (Å²) in [6, 6.07) is 3.27. The third-order valence-electron chi connectivity index (χ3n) is 2.75. The Balaban J connectivity index is 0.00000162. The van der Waals surface area contributed by atoms with Crippen molar-refractivity contribution < 1.29 is 4.92 Å². The molecule has 1 aliphatic rings. The summed E-state index contributed by atoms with van der Waals surface area (Å²) in [5, 5.41) is 17.1. The first-order valence-electron chi connectivity index (χ1n) is 5.55. The largest absolute Gasteiger partial charge is 0.378 e. The third kappa shape index (κ3) is 4.70. The number of nitrogens with one attached hydrogen (secondary N) is 2. The van der Waals surface area contributed by atoms with E-state index in [2.05, 4.69) is 15.6 Å². The topological polar surface area (TPSA) is 106 Å². The van der Waals surface area contributed by atoms with Gasteiger partial charge < -0.3 is 16.4 Å². The maximum Gasteiger partial charge on any atom is 0.311 e. The summed E-state index contributed by atoms with van der Waals surface area (Å²) in [6.45, 7) is 1.91. The Bertz CT molecular complexity index is 426. The van der Waals surface area contributed by atoms with Gasteiger partial charge in [-0.05, 0) is 25.5 Å². The molecular formula is C10H17Cl2N5O2. The van der Waals surface area contributed by atoms with Gasteiger partial charge in [0.2, 0.25) is 5.82 Å². The van der Waals surface area contributed by atoms with Crippen LogP contribution in [0.5, 0.6) is 0 Å². The molecule has 2 heterocycles. The molecule has 1 aromatic rings. The zero-order valence-corrected chi connectivity index (χ0v) is 11.8. The monoisotopic (exact) mass is 309 g/mol. The lowest BCUT2D eigenvalue weighted by Gasteiger charge is -2.24. The van der Waals surface area contributed by atoms with Gasteiger partial charge in [-0.2, -0.15) is 0 Å². The fourth-order valence-electron chi connectivity index (χ4n) is 1.89. The van der Waals surface area contributed by atoms with Crippen molar-refractivity contribution in [3.63, 3.8) is 0 Å². The van der Waals surface area contributed by atoms with Gasteiger partial charge in [0, 0.05) is 18.7 Å². The highest BCUT2D eigenvalue weighted by Gasteiger charge is 2.16. The number of hydrogen-bond acceptors (Lipinski definition) is 6. The van der Waals surface area contributed by atoms with E-state index >= 15 is 0 Å². The van der Waals surface area contributed by atoms with Gasteiger partial charge in [0.25, 0.3) is 0 Å². The van der Waals surface area contributed by atoms with E-state index in [0.29, 0.717) is 11.9 Å². The summed E-state index contributed by atoms with van der Waals surface area (Å²) in [5.41, 5.74) is 5.36. The highest BCUT2D eigenvalue weighted by molar-refractivity contribution is 5.85. The second-order valence-electron chi connectivity index (χ2n) is 4.05. The first-order valence-corrected chi connectivity index (χ1v) is 5.55. The Morgan fingerprint density at radius 1 is 1.47 bits per heavy atom. The van der Waals surface area contributed by atoms with E-state index in [9.17, 15) is 10.1 Å². The highest BCUT2D eigenvalue weighted by Crippen LogP contribution is 2.21.